The minimum atomic E-state index is -5.19. The molecule has 0 aromatic heterocycles. The molecule has 1 aliphatic heterocycles. The molecule has 1 heterocycles. The van der Waals surface area contributed by atoms with Crippen molar-refractivity contribution in [3.05, 3.63) is 29.8 Å². The van der Waals surface area contributed by atoms with E-state index in [0.29, 0.717) is 4.90 Å². The Bertz CT molecular complexity index is 572. The van der Waals surface area contributed by atoms with E-state index in [0.717, 1.165) is 13.2 Å². The Morgan fingerprint density at radius 1 is 1.40 bits per heavy atom. The van der Waals surface area contributed by atoms with Gasteiger partial charge < -0.3 is 9.84 Å². The molecule has 1 aromatic rings. The number of halogens is 3. The van der Waals surface area contributed by atoms with Crippen LogP contribution in [0.3, 0.4) is 0 Å². The van der Waals surface area contributed by atoms with Crippen LogP contribution in [-0.2, 0) is 19.9 Å². The van der Waals surface area contributed by atoms with Gasteiger partial charge in [0.25, 0.3) is 11.5 Å². The fourth-order valence-electron chi connectivity index (χ4n) is 2.06. The maximum absolute atomic E-state index is 13.1. The maximum Gasteiger partial charge on any atom is 0.430 e. The number of carbonyl (C=O) groups is 2. The van der Waals surface area contributed by atoms with Gasteiger partial charge in [-0.1, -0.05) is 18.2 Å². The number of rotatable bonds is 2. The highest BCUT2D eigenvalue weighted by atomic mass is 19.4. The first kappa shape index (κ1) is 14.3. The molecule has 0 aliphatic carbocycles. The molecule has 0 radical (unpaired) electrons. The van der Waals surface area contributed by atoms with Gasteiger partial charge in [0.05, 0.1) is 12.8 Å². The van der Waals surface area contributed by atoms with Crippen molar-refractivity contribution in [2.75, 3.05) is 18.6 Å². The van der Waals surface area contributed by atoms with Crippen LogP contribution in [0.15, 0.2) is 24.3 Å². The molecule has 5 nitrogen and oxygen atoms in total. The topological polar surface area (TPSA) is 66.8 Å². The van der Waals surface area contributed by atoms with Crippen LogP contribution in [0.1, 0.15) is 5.56 Å². The number of fused-ring (bicyclic) bond motifs is 1. The molecule has 108 valence electrons. The number of aliphatic hydroxyl groups is 1. The van der Waals surface area contributed by atoms with Gasteiger partial charge in [0, 0.05) is 5.56 Å². The van der Waals surface area contributed by atoms with E-state index in [1.807, 2.05) is 0 Å². The number of amides is 1. The van der Waals surface area contributed by atoms with Gasteiger partial charge in [-0.2, -0.15) is 13.2 Å². The lowest BCUT2D eigenvalue weighted by atomic mass is 9.95. The van der Waals surface area contributed by atoms with E-state index in [1.165, 1.54) is 18.2 Å². The monoisotopic (exact) mass is 289 g/mol. The quantitative estimate of drug-likeness (QED) is 0.823. The normalized spacial score (nSPS) is 21.9. The fourth-order valence-corrected chi connectivity index (χ4v) is 2.06. The highest BCUT2D eigenvalue weighted by Gasteiger charge is 2.66. The van der Waals surface area contributed by atoms with Gasteiger partial charge in [-0.25, -0.2) is 0 Å². The summed E-state index contributed by atoms with van der Waals surface area (Å²) in [4.78, 5) is 23.7. The number of benzene rings is 1. The zero-order valence-electron chi connectivity index (χ0n) is 10.3. The van der Waals surface area contributed by atoms with Gasteiger partial charge in [0.1, 0.15) is 6.54 Å². The van der Waals surface area contributed by atoms with Crippen LogP contribution in [0, 0.1) is 0 Å². The first-order chi connectivity index (χ1) is 9.23. The summed E-state index contributed by atoms with van der Waals surface area (Å²) in [5.74, 6) is -2.50. The highest BCUT2D eigenvalue weighted by molar-refractivity contribution is 6.09. The number of hydrogen-bond acceptors (Lipinski definition) is 4. The number of esters is 1. The molecule has 1 aliphatic rings. The van der Waals surface area contributed by atoms with E-state index >= 15 is 0 Å². The lowest BCUT2D eigenvalue weighted by Crippen LogP contribution is -2.51. The van der Waals surface area contributed by atoms with Crippen LogP contribution in [-0.4, -0.2) is 36.8 Å². The molecule has 8 heteroatoms. The first-order valence-corrected chi connectivity index (χ1v) is 5.51. The minimum Gasteiger partial charge on any atom is -0.468 e. The molecule has 0 bridgehead atoms. The lowest BCUT2D eigenvalue weighted by molar-refractivity contribution is -0.253. The van der Waals surface area contributed by atoms with Crippen molar-refractivity contribution >= 4 is 17.6 Å². The molecule has 1 amide bonds. The van der Waals surface area contributed by atoms with Crippen molar-refractivity contribution in [1.82, 2.24) is 0 Å². The molecule has 20 heavy (non-hydrogen) atoms. The van der Waals surface area contributed by atoms with Crippen molar-refractivity contribution in [3.63, 3.8) is 0 Å². The van der Waals surface area contributed by atoms with Gasteiger partial charge in [-0.05, 0) is 6.07 Å². The molecule has 0 saturated heterocycles. The SMILES string of the molecule is COC(=O)CN1C(=O)[C@@](O)(C(F)(F)F)c2ccccc21. The molecule has 0 spiro atoms. The molecule has 0 saturated carbocycles. The summed E-state index contributed by atoms with van der Waals surface area (Å²) in [6.45, 7) is -0.704. The molecule has 1 atom stereocenters. The van der Waals surface area contributed by atoms with Crippen LogP contribution in [0.25, 0.3) is 0 Å². The lowest BCUT2D eigenvalue weighted by Gasteiger charge is -2.25. The summed E-state index contributed by atoms with van der Waals surface area (Å²) in [6, 6.07) is 4.89. The van der Waals surface area contributed by atoms with E-state index in [1.54, 1.807) is 0 Å². The molecular weight excluding hydrogens is 279 g/mol. The van der Waals surface area contributed by atoms with E-state index < -0.39 is 35.8 Å². The molecule has 0 unspecified atom stereocenters. The Morgan fingerprint density at radius 3 is 2.55 bits per heavy atom. The average molecular weight is 289 g/mol. The number of methoxy groups -OCH3 is 1. The predicted octanol–water partition coefficient (Wildman–Crippen LogP) is 0.956. The van der Waals surface area contributed by atoms with Gasteiger partial charge in [0.15, 0.2) is 0 Å². The third kappa shape index (κ3) is 1.83. The second-order valence-corrected chi connectivity index (χ2v) is 4.19. The van der Waals surface area contributed by atoms with Crippen LogP contribution in [0.5, 0.6) is 0 Å². The van der Waals surface area contributed by atoms with Crippen molar-refractivity contribution in [2.45, 2.75) is 11.8 Å². The highest BCUT2D eigenvalue weighted by Crippen LogP contribution is 2.49. The Morgan fingerprint density at radius 2 is 2.00 bits per heavy atom. The van der Waals surface area contributed by atoms with E-state index in [4.69, 9.17) is 0 Å². The zero-order valence-corrected chi connectivity index (χ0v) is 10.3. The summed E-state index contributed by atoms with van der Waals surface area (Å²) in [5, 5.41) is 9.84. The van der Waals surface area contributed by atoms with Crippen molar-refractivity contribution in [2.24, 2.45) is 0 Å². The van der Waals surface area contributed by atoms with Crippen LogP contribution in [0.4, 0.5) is 18.9 Å². The summed E-state index contributed by atoms with van der Waals surface area (Å²) >= 11 is 0. The van der Waals surface area contributed by atoms with E-state index in [2.05, 4.69) is 4.74 Å². The van der Waals surface area contributed by atoms with Crippen molar-refractivity contribution < 1.29 is 32.6 Å². The number of anilines is 1. The predicted molar refractivity (Wildman–Crippen MR) is 60.8 cm³/mol. The molecule has 1 N–H and O–H groups in total. The second kappa shape index (κ2) is 4.48. The Kier molecular flexibility index (Phi) is 3.21. The summed E-state index contributed by atoms with van der Waals surface area (Å²) in [6.07, 6.45) is -5.19. The second-order valence-electron chi connectivity index (χ2n) is 4.19. The number of para-hydroxylation sites is 1. The molecule has 1 aromatic carbocycles. The summed E-state index contributed by atoms with van der Waals surface area (Å²) < 4.78 is 43.5. The van der Waals surface area contributed by atoms with Gasteiger partial charge in [-0.3, -0.25) is 14.5 Å². The number of nitrogens with zero attached hydrogens (tertiary/aromatic N) is 1. The smallest absolute Gasteiger partial charge is 0.430 e. The van der Waals surface area contributed by atoms with Crippen LogP contribution < -0.4 is 4.90 Å². The van der Waals surface area contributed by atoms with Crippen molar-refractivity contribution in [3.8, 4) is 0 Å². The Hall–Kier alpha value is -2.09. The maximum atomic E-state index is 13.1. The van der Waals surface area contributed by atoms with Gasteiger partial charge >= 0.3 is 12.1 Å². The average Bonchev–Trinajstić information content (AvgIpc) is 2.62. The molecular formula is C12H10F3NO4. The van der Waals surface area contributed by atoms with E-state index in [-0.39, 0.29) is 5.69 Å². The van der Waals surface area contributed by atoms with Crippen LogP contribution >= 0.6 is 0 Å². The number of hydrogen-bond donors (Lipinski definition) is 1. The summed E-state index contributed by atoms with van der Waals surface area (Å²) in [5.41, 5.74) is -4.40. The summed E-state index contributed by atoms with van der Waals surface area (Å²) in [7, 11) is 1.05. The van der Waals surface area contributed by atoms with Crippen molar-refractivity contribution in [1.29, 1.82) is 0 Å². The standard InChI is InChI=1S/C12H10F3NO4/c1-20-9(17)6-16-8-5-3-2-4-7(8)11(19,10(16)18)12(13,14)15/h2-5,19H,6H2,1H3/t11-/m1/s1. The number of carbonyl (C=O) groups excluding carboxylic acids is 2. The largest absolute Gasteiger partial charge is 0.468 e. The van der Waals surface area contributed by atoms with Gasteiger partial charge in [-0.15, -0.1) is 0 Å². The fraction of sp³-hybridized carbons (Fsp3) is 0.333. The number of ether oxygens (including phenoxy) is 1. The Labute approximate surface area is 111 Å². The van der Waals surface area contributed by atoms with Crippen LogP contribution in [0.2, 0.25) is 0 Å². The third-order valence-electron chi connectivity index (χ3n) is 3.06. The number of alkyl halides is 3. The van der Waals surface area contributed by atoms with Gasteiger partial charge in [0.2, 0.25) is 0 Å². The zero-order chi connectivity index (χ0) is 15.1. The van der Waals surface area contributed by atoms with E-state index in [9.17, 15) is 27.9 Å². The Balaban J connectivity index is 2.56. The minimum absolute atomic E-state index is 0.164. The molecule has 0 fully saturated rings. The first-order valence-electron chi connectivity index (χ1n) is 5.51. The third-order valence-corrected chi connectivity index (χ3v) is 3.06. The molecule has 2 rings (SSSR count).